The highest BCUT2D eigenvalue weighted by atomic mass is 16.3. The summed E-state index contributed by atoms with van der Waals surface area (Å²) in [4.78, 5) is 0. The predicted molar refractivity (Wildman–Crippen MR) is 82.0 cm³/mol. The maximum Gasteiger partial charge on any atom is 0.0436 e. The van der Waals surface area contributed by atoms with Gasteiger partial charge >= 0.3 is 0 Å². The molecule has 0 aliphatic heterocycles. The number of rotatable bonds is 4. The van der Waals surface area contributed by atoms with Gasteiger partial charge < -0.3 is 5.11 Å². The molecule has 1 unspecified atom stereocenters. The minimum Gasteiger partial charge on any atom is -0.396 e. The van der Waals surface area contributed by atoms with Gasteiger partial charge in [-0.1, -0.05) is 51.1 Å². The highest BCUT2D eigenvalue weighted by Gasteiger charge is 2.15. The number of hydrogen-bond acceptors (Lipinski definition) is 1. The highest BCUT2D eigenvalue weighted by Crippen LogP contribution is 2.36. The van der Waals surface area contributed by atoms with Crippen LogP contribution < -0.4 is 0 Å². The summed E-state index contributed by atoms with van der Waals surface area (Å²) in [6, 6.07) is 11.2. The van der Waals surface area contributed by atoms with E-state index < -0.39 is 0 Å². The number of aryl methyl sites for hydroxylation is 1. The Morgan fingerprint density at radius 2 is 1.74 bits per heavy atom. The lowest BCUT2D eigenvalue weighted by atomic mass is 9.93. The third-order valence-corrected chi connectivity index (χ3v) is 4.05. The molecule has 2 rings (SSSR count). The molecular weight excluding hydrogens is 232 g/mol. The first-order valence-corrected chi connectivity index (χ1v) is 7.18. The van der Waals surface area contributed by atoms with Crippen molar-refractivity contribution >= 4 is 0 Å². The quantitative estimate of drug-likeness (QED) is 0.840. The molecule has 0 aromatic rings. The van der Waals surface area contributed by atoms with E-state index in [1.165, 1.54) is 27.8 Å². The number of aliphatic hydroxyl groups is 1. The van der Waals surface area contributed by atoms with E-state index in [9.17, 15) is 5.11 Å². The highest BCUT2D eigenvalue weighted by molar-refractivity contribution is 5.74. The van der Waals surface area contributed by atoms with Crippen LogP contribution in [0.5, 0.6) is 0 Å². The van der Waals surface area contributed by atoms with Crippen LogP contribution in [0, 0.1) is 6.92 Å². The van der Waals surface area contributed by atoms with E-state index in [-0.39, 0.29) is 6.61 Å². The molecule has 1 atom stereocenters. The van der Waals surface area contributed by atoms with Crippen LogP contribution in [-0.2, 0) is 0 Å². The average Bonchev–Trinajstić information content (AvgIpc) is 2.61. The summed E-state index contributed by atoms with van der Waals surface area (Å²) >= 11 is 0. The molecule has 0 amide bonds. The first-order chi connectivity index (χ1) is 9.04. The molecule has 1 N–H and O–H groups in total. The van der Waals surface area contributed by atoms with Crippen LogP contribution in [0.15, 0.2) is 30.3 Å². The summed E-state index contributed by atoms with van der Waals surface area (Å²) < 4.78 is 0. The van der Waals surface area contributed by atoms with Crippen molar-refractivity contribution in [3.05, 3.63) is 47.0 Å². The fourth-order valence-corrected chi connectivity index (χ4v) is 2.67. The second-order valence-corrected chi connectivity index (χ2v) is 5.84. The monoisotopic (exact) mass is 256 g/mol. The zero-order chi connectivity index (χ0) is 14.0. The molecular formula is C18H24O. The topological polar surface area (TPSA) is 20.2 Å². The maximum absolute atomic E-state index is 9.18. The normalized spacial score (nSPS) is 13.2. The van der Waals surface area contributed by atoms with E-state index in [0.717, 1.165) is 6.42 Å². The van der Waals surface area contributed by atoms with Gasteiger partial charge in [-0.15, -0.1) is 0 Å². The van der Waals surface area contributed by atoms with Gasteiger partial charge in [-0.25, -0.2) is 0 Å². The number of fused-ring (bicyclic) bond motifs is 1. The van der Waals surface area contributed by atoms with Gasteiger partial charge in [-0.2, -0.15) is 0 Å². The Bertz CT molecular complexity index is 528. The van der Waals surface area contributed by atoms with Gasteiger partial charge in [0.2, 0.25) is 0 Å². The van der Waals surface area contributed by atoms with Gasteiger partial charge in [-0.05, 0) is 53.0 Å². The molecule has 0 spiro atoms. The van der Waals surface area contributed by atoms with E-state index in [4.69, 9.17) is 0 Å². The lowest BCUT2D eigenvalue weighted by Crippen LogP contribution is -1.97. The Morgan fingerprint density at radius 3 is 2.37 bits per heavy atom. The van der Waals surface area contributed by atoms with Gasteiger partial charge in [0.05, 0.1) is 0 Å². The Balaban J connectivity index is 2.59. The first kappa shape index (κ1) is 14.1. The molecule has 0 bridgehead atoms. The van der Waals surface area contributed by atoms with Crippen molar-refractivity contribution in [2.75, 3.05) is 6.61 Å². The Labute approximate surface area is 116 Å². The fraction of sp³-hybridized carbons (Fsp3) is 0.444. The number of hydrogen-bond donors (Lipinski definition) is 1. The maximum atomic E-state index is 9.18. The van der Waals surface area contributed by atoms with E-state index in [0.29, 0.717) is 11.8 Å². The number of aliphatic hydroxyl groups excluding tert-OH is 1. The molecule has 102 valence electrons. The summed E-state index contributed by atoms with van der Waals surface area (Å²) in [6.07, 6.45) is 0.820. The van der Waals surface area contributed by atoms with Crippen molar-refractivity contribution in [3.63, 3.8) is 0 Å². The molecule has 0 aromatic carbocycles. The summed E-state index contributed by atoms with van der Waals surface area (Å²) in [6.45, 7) is 9.08. The zero-order valence-electron chi connectivity index (χ0n) is 12.4. The van der Waals surface area contributed by atoms with E-state index in [2.05, 4.69) is 58.0 Å². The molecule has 0 fully saturated rings. The molecule has 1 heteroatoms. The van der Waals surface area contributed by atoms with Crippen molar-refractivity contribution in [1.29, 1.82) is 0 Å². The molecule has 2 aliphatic rings. The molecule has 1 nitrogen and oxygen atoms in total. The smallest absolute Gasteiger partial charge is 0.0436 e. The first-order valence-electron chi connectivity index (χ1n) is 7.18. The van der Waals surface area contributed by atoms with Gasteiger partial charge in [-0.3, -0.25) is 0 Å². The standard InChI is InChI=1S/C18H24O/c1-12(2)15-6-8-16(14(4)9-10-19)17-7-5-13(3)18(17)11-15/h5-8,11-12,14,19H,9-10H2,1-4H3. The van der Waals surface area contributed by atoms with Crippen LogP contribution >= 0.6 is 0 Å². The van der Waals surface area contributed by atoms with Crippen LogP contribution in [0.1, 0.15) is 55.7 Å². The van der Waals surface area contributed by atoms with Gasteiger partial charge in [0.25, 0.3) is 0 Å². The Kier molecular flexibility index (Phi) is 4.26. The molecule has 0 radical (unpaired) electrons. The third kappa shape index (κ3) is 2.82. The van der Waals surface area contributed by atoms with Crippen LogP contribution in [0.2, 0.25) is 0 Å². The minimum absolute atomic E-state index is 0.248. The van der Waals surface area contributed by atoms with E-state index in [1.54, 1.807) is 0 Å². The summed E-state index contributed by atoms with van der Waals surface area (Å²) in [5.74, 6) is 0.924. The van der Waals surface area contributed by atoms with Crippen molar-refractivity contribution in [2.45, 2.75) is 46.0 Å². The second-order valence-electron chi connectivity index (χ2n) is 5.84. The molecule has 2 aliphatic carbocycles. The molecule has 0 saturated heterocycles. The van der Waals surface area contributed by atoms with Crippen molar-refractivity contribution < 1.29 is 5.11 Å². The zero-order valence-corrected chi connectivity index (χ0v) is 12.4. The van der Waals surface area contributed by atoms with Crippen LogP contribution in [0.3, 0.4) is 0 Å². The molecule has 19 heavy (non-hydrogen) atoms. The largest absolute Gasteiger partial charge is 0.396 e. The van der Waals surface area contributed by atoms with Crippen molar-refractivity contribution in [3.8, 4) is 11.1 Å². The summed E-state index contributed by atoms with van der Waals surface area (Å²) in [5.41, 5.74) is 6.76. The third-order valence-electron chi connectivity index (χ3n) is 4.05. The minimum atomic E-state index is 0.248. The Morgan fingerprint density at radius 1 is 1.00 bits per heavy atom. The van der Waals surface area contributed by atoms with Gasteiger partial charge in [0.15, 0.2) is 0 Å². The molecule has 0 saturated carbocycles. The summed E-state index contributed by atoms with van der Waals surface area (Å²) in [5, 5.41) is 9.18. The van der Waals surface area contributed by atoms with Crippen LogP contribution in [0.4, 0.5) is 0 Å². The van der Waals surface area contributed by atoms with Crippen LogP contribution in [0.25, 0.3) is 11.1 Å². The van der Waals surface area contributed by atoms with Crippen LogP contribution in [-0.4, -0.2) is 11.7 Å². The average molecular weight is 256 g/mol. The van der Waals surface area contributed by atoms with Gasteiger partial charge in [0, 0.05) is 6.61 Å². The molecule has 0 heterocycles. The summed E-state index contributed by atoms with van der Waals surface area (Å²) in [7, 11) is 0. The van der Waals surface area contributed by atoms with Crippen molar-refractivity contribution in [1.82, 2.24) is 0 Å². The molecule has 0 aromatic heterocycles. The van der Waals surface area contributed by atoms with Gasteiger partial charge in [0.1, 0.15) is 0 Å². The van der Waals surface area contributed by atoms with E-state index >= 15 is 0 Å². The lowest BCUT2D eigenvalue weighted by Gasteiger charge is -2.12. The second kappa shape index (κ2) is 5.75. The lowest BCUT2D eigenvalue weighted by molar-refractivity contribution is 0.279. The van der Waals surface area contributed by atoms with E-state index in [1.807, 2.05) is 0 Å². The predicted octanol–water partition coefficient (Wildman–Crippen LogP) is 4.71. The van der Waals surface area contributed by atoms with Crippen molar-refractivity contribution in [2.24, 2.45) is 0 Å². The Hall–Kier alpha value is -1.34. The SMILES string of the molecule is Cc1ccc2c(C(C)CCO)ccc(C(C)C)cc1-2. The fourth-order valence-electron chi connectivity index (χ4n) is 2.67.